The van der Waals surface area contributed by atoms with Gasteiger partial charge in [0.05, 0.1) is 0 Å². The van der Waals surface area contributed by atoms with Gasteiger partial charge >= 0.3 is 0 Å². The van der Waals surface area contributed by atoms with Crippen molar-refractivity contribution in [3.63, 3.8) is 0 Å². The molecule has 4 heteroatoms. The molecule has 0 atom stereocenters. The summed E-state index contributed by atoms with van der Waals surface area (Å²) in [6, 6.07) is 2.12. The highest BCUT2D eigenvalue weighted by Gasteiger charge is 1.99. The molecule has 0 saturated carbocycles. The van der Waals surface area contributed by atoms with Crippen LogP contribution in [0.2, 0.25) is 0 Å². The van der Waals surface area contributed by atoms with Crippen molar-refractivity contribution >= 4 is 17.3 Å². The summed E-state index contributed by atoms with van der Waals surface area (Å²) in [6.07, 6.45) is 1.17. The molecule has 90 valence electrons. The largest absolute Gasteiger partial charge is 0.356 e. The second-order valence-corrected chi connectivity index (χ2v) is 4.95. The van der Waals surface area contributed by atoms with Gasteiger partial charge in [-0.2, -0.15) is 11.3 Å². The van der Waals surface area contributed by atoms with Crippen molar-refractivity contribution in [1.29, 1.82) is 0 Å². The molecule has 0 unspecified atom stereocenters. The summed E-state index contributed by atoms with van der Waals surface area (Å²) < 4.78 is 0. The average molecular weight is 239 g/mol. The first-order valence-electron chi connectivity index (χ1n) is 5.68. The fourth-order valence-corrected chi connectivity index (χ4v) is 1.95. The van der Waals surface area contributed by atoms with Gasteiger partial charge in [0.15, 0.2) is 5.96 Å². The Morgan fingerprint density at radius 2 is 2.25 bits per heavy atom. The highest BCUT2D eigenvalue weighted by molar-refractivity contribution is 7.07. The molecule has 1 heterocycles. The molecule has 0 saturated heterocycles. The second-order valence-electron chi connectivity index (χ2n) is 4.17. The smallest absolute Gasteiger partial charge is 0.191 e. The SMILES string of the molecule is CN=C(NCCC(C)C)NCc1ccsc1. The summed E-state index contributed by atoms with van der Waals surface area (Å²) in [6.45, 7) is 6.26. The van der Waals surface area contributed by atoms with E-state index in [4.69, 9.17) is 0 Å². The predicted molar refractivity (Wildman–Crippen MR) is 72.0 cm³/mol. The Morgan fingerprint density at radius 3 is 2.81 bits per heavy atom. The number of hydrogen-bond donors (Lipinski definition) is 2. The summed E-state index contributed by atoms with van der Waals surface area (Å²) in [5.74, 6) is 1.61. The van der Waals surface area contributed by atoms with E-state index in [0.29, 0.717) is 0 Å². The number of nitrogens with zero attached hydrogens (tertiary/aromatic N) is 1. The Morgan fingerprint density at radius 1 is 1.44 bits per heavy atom. The Kier molecular flexibility index (Phi) is 5.93. The Hall–Kier alpha value is -1.03. The minimum atomic E-state index is 0.725. The standard InChI is InChI=1S/C12H21N3S/c1-10(2)4-6-14-12(13-3)15-8-11-5-7-16-9-11/h5,7,9-10H,4,6,8H2,1-3H3,(H2,13,14,15). The Balaban J connectivity index is 2.22. The van der Waals surface area contributed by atoms with Crippen molar-refractivity contribution in [2.45, 2.75) is 26.8 Å². The van der Waals surface area contributed by atoms with Crippen LogP contribution in [0.1, 0.15) is 25.8 Å². The number of guanidine groups is 1. The number of thiophene rings is 1. The molecule has 16 heavy (non-hydrogen) atoms. The average Bonchev–Trinajstić information content (AvgIpc) is 2.75. The van der Waals surface area contributed by atoms with Gasteiger partial charge in [0, 0.05) is 20.1 Å². The lowest BCUT2D eigenvalue weighted by molar-refractivity contribution is 0.573. The molecule has 0 aliphatic rings. The molecule has 0 amide bonds. The van der Waals surface area contributed by atoms with Crippen LogP contribution in [0.15, 0.2) is 21.8 Å². The molecule has 0 aliphatic carbocycles. The molecule has 0 radical (unpaired) electrons. The quantitative estimate of drug-likeness (QED) is 0.612. The minimum absolute atomic E-state index is 0.725. The Bertz CT molecular complexity index is 304. The Labute approximate surface area is 102 Å². The van der Waals surface area contributed by atoms with Crippen molar-refractivity contribution in [3.8, 4) is 0 Å². The molecule has 0 bridgehead atoms. The van der Waals surface area contributed by atoms with Crippen molar-refractivity contribution in [2.24, 2.45) is 10.9 Å². The van der Waals surface area contributed by atoms with Crippen molar-refractivity contribution in [1.82, 2.24) is 10.6 Å². The van der Waals surface area contributed by atoms with Gasteiger partial charge in [0.2, 0.25) is 0 Å². The van der Waals surface area contributed by atoms with Crippen LogP contribution in [0, 0.1) is 5.92 Å². The highest BCUT2D eigenvalue weighted by atomic mass is 32.1. The van der Waals surface area contributed by atoms with Crippen LogP contribution in [0.5, 0.6) is 0 Å². The fraction of sp³-hybridized carbons (Fsp3) is 0.583. The number of rotatable bonds is 5. The van der Waals surface area contributed by atoms with E-state index in [1.807, 2.05) is 0 Å². The first-order chi connectivity index (χ1) is 7.72. The summed E-state index contributed by atoms with van der Waals surface area (Å²) in [5.41, 5.74) is 1.30. The molecule has 0 aromatic carbocycles. The maximum atomic E-state index is 4.18. The van der Waals surface area contributed by atoms with Crippen LogP contribution in [0.3, 0.4) is 0 Å². The number of nitrogens with one attached hydrogen (secondary N) is 2. The third kappa shape index (κ3) is 5.16. The third-order valence-electron chi connectivity index (χ3n) is 2.28. The zero-order valence-corrected chi connectivity index (χ0v) is 11.1. The first kappa shape index (κ1) is 13.0. The van der Waals surface area contributed by atoms with Crippen LogP contribution in [0.25, 0.3) is 0 Å². The molecular weight excluding hydrogens is 218 g/mol. The van der Waals surface area contributed by atoms with E-state index in [2.05, 4.69) is 46.3 Å². The maximum Gasteiger partial charge on any atom is 0.191 e. The topological polar surface area (TPSA) is 36.4 Å². The normalized spacial score (nSPS) is 11.9. The monoisotopic (exact) mass is 239 g/mol. The minimum Gasteiger partial charge on any atom is -0.356 e. The molecule has 1 rings (SSSR count). The van der Waals surface area contributed by atoms with Gasteiger partial charge < -0.3 is 10.6 Å². The van der Waals surface area contributed by atoms with Crippen LogP contribution < -0.4 is 10.6 Å². The molecule has 0 aliphatic heterocycles. The van der Waals surface area contributed by atoms with Gasteiger partial charge in [-0.3, -0.25) is 4.99 Å². The lowest BCUT2D eigenvalue weighted by Crippen LogP contribution is -2.37. The van der Waals surface area contributed by atoms with Gasteiger partial charge in [-0.1, -0.05) is 13.8 Å². The first-order valence-corrected chi connectivity index (χ1v) is 6.62. The summed E-state index contributed by atoms with van der Waals surface area (Å²) in [4.78, 5) is 4.18. The van der Waals surface area contributed by atoms with E-state index in [-0.39, 0.29) is 0 Å². The predicted octanol–water partition coefficient (Wildman–Crippen LogP) is 2.46. The number of aliphatic imine (C=N–C) groups is 1. The molecule has 1 aromatic rings. The molecule has 0 spiro atoms. The van der Waals surface area contributed by atoms with Crippen molar-refractivity contribution in [2.75, 3.05) is 13.6 Å². The molecule has 3 nitrogen and oxygen atoms in total. The van der Waals surface area contributed by atoms with Gasteiger partial charge in [0.1, 0.15) is 0 Å². The van der Waals surface area contributed by atoms with Crippen molar-refractivity contribution in [3.05, 3.63) is 22.4 Å². The van der Waals surface area contributed by atoms with Crippen LogP contribution in [-0.2, 0) is 6.54 Å². The van der Waals surface area contributed by atoms with Crippen LogP contribution in [-0.4, -0.2) is 19.6 Å². The lowest BCUT2D eigenvalue weighted by Gasteiger charge is -2.12. The maximum absolute atomic E-state index is 4.18. The zero-order chi connectivity index (χ0) is 11.8. The summed E-state index contributed by atoms with van der Waals surface area (Å²) >= 11 is 1.72. The summed E-state index contributed by atoms with van der Waals surface area (Å²) in [7, 11) is 1.80. The lowest BCUT2D eigenvalue weighted by atomic mass is 10.1. The van der Waals surface area contributed by atoms with Gasteiger partial charge in [-0.25, -0.2) is 0 Å². The van der Waals surface area contributed by atoms with Gasteiger partial charge in [-0.15, -0.1) is 0 Å². The second kappa shape index (κ2) is 7.28. The van der Waals surface area contributed by atoms with Crippen LogP contribution >= 0.6 is 11.3 Å². The molecular formula is C12H21N3S. The number of hydrogen-bond acceptors (Lipinski definition) is 2. The van der Waals surface area contributed by atoms with Crippen LogP contribution in [0.4, 0.5) is 0 Å². The van der Waals surface area contributed by atoms with E-state index in [9.17, 15) is 0 Å². The van der Waals surface area contributed by atoms with E-state index in [0.717, 1.165) is 25.0 Å². The highest BCUT2D eigenvalue weighted by Crippen LogP contribution is 2.04. The zero-order valence-electron chi connectivity index (χ0n) is 10.3. The molecule has 2 N–H and O–H groups in total. The third-order valence-corrected chi connectivity index (χ3v) is 3.01. The van der Waals surface area contributed by atoms with Gasteiger partial charge in [0.25, 0.3) is 0 Å². The van der Waals surface area contributed by atoms with E-state index >= 15 is 0 Å². The van der Waals surface area contributed by atoms with E-state index in [1.54, 1.807) is 18.4 Å². The van der Waals surface area contributed by atoms with Gasteiger partial charge in [-0.05, 0) is 34.7 Å². The van der Waals surface area contributed by atoms with E-state index in [1.165, 1.54) is 12.0 Å². The molecule has 0 fully saturated rings. The van der Waals surface area contributed by atoms with Crippen molar-refractivity contribution < 1.29 is 0 Å². The summed E-state index contributed by atoms with van der Waals surface area (Å²) in [5, 5.41) is 10.8. The fourth-order valence-electron chi connectivity index (χ4n) is 1.28. The molecule has 1 aromatic heterocycles. The van der Waals surface area contributed by atoms with E-state index < -0.39 is 0 Å².